The van der Waals surface area contributed by atoms with E-state index in [2.05, 4.69) is 29.8 Å². The van der Waals surface area contributed by atoms with E-state index in [-0.39, 0.29) is 11.5 Å². The van der Waals surface area contributed by atoms with E-state index in [1.54, 1.807) is 0 Å². The summed E-state index contributed by atoms with van der Waals surface area (Å²) in [5.41, 5.74) is 3.19. The lowest BCUT2D eigenvalue weighted by molar-refractivity contribution is 0.105. The second-order valence-electron chi connectivity index (χ2n) is 6.27. The minimum Gasteiger partial charge on any atom is -0.450 e. The van der Waals surface area contributed by atoms with Crippen LogP contribution in [0.1, 0.15) is 49.1 Å². The van der Waals surface area contributed by atoms with Crippen LogP contribution in [0.25, 0.3) is 0 Å². The van der Waals surface area contributed by atoms with Crippen LogP contribution in [0.3, 0.4) is 0 Å². The molecular weight excluding hydrogens is 338 g/mol. The molecule has 3 nitrogen and oxygen atoms in total. The normalized spacial score (nSPS) is 23.4. The largest absolute Gasteiger partial charge is 0.450 e. The molecule has 0 N–H and O–H groups in total. The number of hydrogen-bond acceptors (Lipinski definition) is 3. The first-order chi connectivity index (χ1) is 9.44. The van der Waals surface area contributed by atoms with E-state index in [0.29, 0.717) is 12.5 Å². The van der Waals surface area contributed by atoms with Crippen LogP contribution in [0.5, 0.6) is 0 Å². The highest BCUT2D eigenvalue weighted by Gasteiger charge is 2.44. The first-order valence-electron chi connectivity index (χ1n) is 7.17. The van der Waals surface area contributed by atoms with Gasteiger partial charge in [-0.05, 0) is 52.2 Å². The van der Waals surface area contributed by atoms with Crippen molar-refractivity contribution in [3.8, 4) is 0 Å². The van der Waals surface area contributed by atoms with Gasteiger partial charge in [0.05, 0.1) is 10.4 Å². The molecule has 1 atom stereocenters. The lowest BCUT2D eigenvalue weighted by Crippen LogP contribution is -2.35. The molecule has 0 saturated heterocycles. The number of nitrogens with zero attached hydrogens (tertiary/aromatic N) is 1. The number of hydrogen-bond donors (Lipinski definition) is 0. The highest BCUT2D eigenvalue weighted by atomic mass is 79.9. The first kappa shape index (κ1) is 14.4. The summed E-state index contributed by atoms with van der Waals surface area (Å²) in [4.78, 5) is 15.4. The Bertz CT molecular complexity index is 552. The summed E-state index contributed by atoms with van der Waals surface area (Å²) in [7, 11) is 0. The van der Waals surface area contributed by atoms with Gasteiger partial charge in [0.15, 0.2) is 0 Å². The highest BCUT2D eigenvalue weighted by Crippen LogP contribution is 2.54. The van der Waals surface area contributed by atoms with Crippen LogP contribution >= 0.6 is 27.3 Å². The van der Waals surface area contributed by atoms with Crippen molar-refractivity contribution < 1.29 is 9.53 Å². The fourth-order valence-electron chi connectivity index (χ4n) is 3.66. The summed E-state index contributed by atoms with van der Waals surface area (Å²) in [6, 6.07) is 0. The molecule has 110 valence electrons. The van der Waals surface area contributed by atoms with Crippen LogP contribution in [-0.4, -0.2) is 30.7 Å². The average molecular weight is 358 g/mol. The van der Waals surface area contributed by atoms with Gasteiger partial charge in [0.2, 0.25) is 0 Å². The van der Waals surface area contributed by atoms with Crippen molar-refractivity contribution >= 4 is 33.4 Å². The molecule has 0 saturated carbocycles. The molecule has 1 aromatic heterocycles. The van der Waals surface area contributed by atoms with E-state index < -0.39 is 0 Å². The van der Waals surface area contributed by atoms with Gasteiger partial charge in [-0.15, -0.1) is 11.3 Å². The lowest BCUT2D eigenvalue weighted by Gasteiger charge is -2.24. The van der Waals surface area contributed by atoms with Gasteiger partial charge in [-0.3, -0.25) is 0 Å². The Balaban J connectivity index is 1.93. The topological polar surface area (TPSA) is 29.5 Å². The van der Waals surface area contributed by atoms with E-state index in [1.165, 1.54) is 19.8 Å². The smallest absolute Gasteiger partial charge is 0.409 e. The third-order valence-corrected chi connectivity index (χ3v) is 6.33. The number of thiophene rings is 1. The summed E-state index contributed by atoms with van der Waals surface area (Å²) in [6.07, 6.45) is 1.91. The predicted molar refractivity (Wildman–Crippen MR) is 84.7 cm³/mol. The SMILES string of the molecule is CCOC(=O)N1CCc2sc(Br)c3c2C(C1)CC3(C)C. The quantitative estimate of drug-likeness (QED) is 0.750. The number of rotatable bonds is 1. The van der Waals surface area contributed by atoms with E-state index in [9.17, 15) is 4.79 Å². The van der Waals surface area contributed by atoms with Gasteiger partial charge >= 0.3 is 6.09 Å². The molecule has 0 aromatic carbocycles. The predicted octanol–water partition coefficient (Wildman–Crippen LogP) is 4.29. The second kappa shape index (κ2) is 5.02. The first-order valence-corrected chi connectivity index (χ1v) is 8.78. The fraction of sp³-hybridized carbons (Fsp3) is 0.667. The van der Waals surface area contributed by atoms with Crippen LogP contribution in [0, 0.1) is 0 Å². The summed E-state index contributed by atoms with van der Waals surface area (Å²) < 4.78 is 6.47. The summed E-state index contributed by atoms with van der Waals surface area (Å²) >= 11 is 5.60. The lowest BCUT2D eigenvalue weighted by atomic mass is 9.87. The summed E-state index contributed by atoms with van der Waals surface area (Å²) in [5.74, 6) is 0.462. The molecule has 0 spiro atoms. The molecular formula is C15H20BrNO2S. The molecule has 0 bridgehead atoms. The van der Waals surface area contributed by atoms with Crippen molar-refractivity contribution in [3.63, 3.8) is 0 Å². The molecule has 20 heavy (non-hydrogen) atoms. The monoisotopic (exact) mass is 357 g/mol. The van der Waals surface area contributed by atoms with Gasteiger partial charge in [-0.25, -0.2) is 4.79 Å². The average Bonchev–Trinajstić information content (AvgIpc) is 2.76. The van der Waals surface area contributed by atoms with E-state index >= 15 is 0 Å². The van der Waals surface area contributed by atoms with Gasteiger partial charge in [0, 0.05) is 23.9 Å². The number of amides is 1. The Morgan fingerprint density at radius 3 is 3.00 bits per heavy atom. The van der Waals surface area contributed by atoms with Crippen LogP contribution < -0.4 is 0 Å². The Kier molecular flexibility index (Phi) is 3.61. The van der Waals surface area contributed by atoms with Gasteiger partial charge in [0.25, 0.3) is 0 Å². The molecule has 1 aromatic rings. The summed E-state index contributed by atoms with van der Waals surface area (Å²) in [5, 5.41) is 0. The van der Waals surface area contributed by atoms with Crippen molar-refractivity contribution in [2.75, 3.05) is 19.7 Å². The van der Waals surface area contributed by atoms with E-state index in [0.717, 1.165) is 25.9 Å². The Morgan fingerprint density at radius 2 is 2.30 bits per heavy atom. The van der Waals surface area contributed by atoms with Crippen LogP contribution in [0.2, 0.25) is 0 Å². The zero-order valence-corrected chi connectivity index (χ0v) is 14.6. The van der Waals surface area contributed by atoms with Crippen molar-refractivity contribution in [2.45, 2.75) is 44.9 Å². The van der Waals surface area contributed by atoms with Crippen molar-refractivity contribution in [2.24, 2.45) is 0 Å². The summed E-state index contributed by atoms with van der Waals surface area (Å²) in [6.45, 7) is 8.50. The minimum atomic E-state index is -0.159. The molecule has 1 aliphatic carbocycles. The van der Waals surface area contributed by atoms with Gasteiger partial charge in [-0.2, -0.15) is 0 Å². The molecule has 3 rings (SSSR count). The van der Waals surface area contributed by atoms with Crippen LogP contribution in [-0.2, 0) is 16.6 Å². The Hall–Kier alpha value is -0.550. The van der Waals surface area contributed by atoms with E-state index in [1.807, 2.05) is 23.2 Å². The van der Waals surface area contributed by atoms with E-state index in [4.69, 9.17) is 4.74 Å². The fourth-order valence-corrected chi connectivity index (χ4v) is 6.27. The molecule has 1 aliphatic heterocycles. The number of ether oxygens (including phenoxy) is 1. The third-order valence-electron chi connectivity index (χ3n) is 4.40. The highest BCUT2D eigenvalue weighted by molar-refractivity contribution is 9.11. The molecule has 1 unspecified atom stereocenters. The van der Waals surface area contributed by atoms with Crippen LogP contribution in [0.15, 0.2) is 3.79 Å². The zero-order chi connectivity index (χ0) is 14.5. The van der Waals surface area contributed by atoms with Crippen molar-refractivity contribution in [1.82, 2.24) is 4.90 Å². The maximum atomic E-state index is 12.0. The number of carbonyl (C=O) groups is 1. The third kappa shape index (κ3) is 2.19. The standard InChI is InChI=1S/C15H20BrNO2S/c1-4-19-14(18)17-6-5-10-11-9(8-17)7-15(2,3)12(11)13(16)20-10/h9H,4-8H2,1-3H3. The van der Waals surface area contributed by atoms with Crippen molar-refractivity contribution in [3.05, 3.63) is 19.8 Å². The van der Waals surface area contributed by atoms with Crippen LogP contribution in [0.4, 0.5) is 4.79 Å². The molecule has 0 radical (unpaired) electrons. The van der Waals surface area contributed by atoms with Gasteiger partial charge in [0.1, 0.15) is 0 Å². The molecule has 2 heterocycles. The molecule has 1 amide bonds. The van der Waals surface area contributed by atoms with Gasteiger partial charge in [-0.1, -0.05) is 13.8 Å². The maximum Gasteiger partial charge on any atom is 0.409 e. The second-order valence-corrected chi connectivity index (χ2v) is 8.69. The molecule has 2 aliphatic rings. The minimum absolute atomic E-state index is 0.159. The molecule has 5 heteroatoms. The maximum absolute atomic E-state index is 12.0. The number of carbonyl (C=O) groups excluding carboxylic acids is 1. The Morgan fingerprint density at radius 1 is 1.55 bits per heavy atom. The number of halogens is 1. The Labute approximate surface area is 132 Å². The zero-order valence-electron chi connectivity index (χ0n) is 12.2. The molecule has 0 fully saturated rings. The van der Waals surface area contributed by atoms with Gasteiger partial charge < -0.3 is 9.64 Å². The van der Waals surface area contributed by atoms with Crippen molar-refractivity contribution in [1.29, 1.82) is 0 Å².